The predicted molar refractivity (Wildman–Crippen MR) is 115 cm³/mol. The Bertz CT molecular complexity index is 1110. The van der Waals surface area contributed by atoms with Gasteiger partial charge in [-0.05, 0) is 18.1 Å². The second kappa shape index (κ2) is 8.28. The second-order valence-corrected chi connectivity index (χ2v) is 8.51. The van der Waals surface area contributed by atoms with Gasteiger partial charge in [0.15, 0.2) is 0 Å². The number of rotatable bonds is 5. The number of fused-ring (bicyclic) bond motifs is 1. The summed E-state index contributed by atoms with van der Waals surface area (Å²) in [6.45, 7) is 3.79. The lowest BCUT2D eigenvalue weighted by Crippen LogP contribution is -2.54. The lowest BCUT2D eigenvalue weighted by Gasteiger charge is -2.27. The molecule has 11 nitrogen and oxygen atoms in total. The van der Waals surface area contributed by atoms with Crippen molar-refractivity contribution >= 4 is 46.2 Å². The first kappa shape index (κ1) is 20.5. The maximum atomic E-state index is 13.1. The van der Waals surface area contributed by atoms with Crippen molar-refractivity contribution in [3.63, 3.8) is 0 Å². The summed E-state index contributed by atoms with van der Waals surface area (Å²) in [6, 6.07) is 4.06. The van der Waals surface area contributed by atoms with Crippen LogP contribution in [0.2, 0.25) is 0 Å². The highest BCUT2D eigenvalue weighted by Crippen LogP contribution is 2.30. The van der Waals surface area contributed by atoms with E-state index in [0.717, 1.165) is 36.2 Å². The van der Waals surface area contributed by atoms with E-state index >= 15 is 0 Å². The SMILES string of the molecule is O=C1CCC(N2C(=O)c3cccc(CNc4nsc(N5CCNCC5)n4)c3C2=O)C(=O)N1. The van der Waals surface area contributed by atoms with Crippen LogP contribution in [0, 0.1) is 0 Å². The van der Waals surface area contributed by atoms with Crippen LogP contribution in [-0.2, 0) is 16.1 Å². The van der Waals surface area contributed by atoms with E-state index in [9.17, 15) is 19.2 Å². The topological polar surface area (TPSA) is 137 Å². The molecule has 3 N–H and O–H groups in total. The fourth-order valence-electron chi connectivity index (χ4n) is 4.18. The molecule has 4 amide bonds. The van der Waals surface area contributed by atoms with Crippen LogP contribution in [0.3, 0.4) is 0 Å². The smallest absolute Gasteiger partial charge is 0.262 e. The van der Waals surface area contributed by atoms with Gasteiger partial charge in [0.1, 0.15) is 6.04 Å². The minimum atomic E-state index is -0.984. The second-order valence-electron chi connectivity index (χ2n) is 7.78. The number of piperazine rings is 1. The molecule has 5 rings (SSSR count). The average molecular weight is 456 g/mol. The van der Waals surface area contributed by atoms with Gasteiger partial charge in [-0.2, -0.15) is 9.36 Å². The molecule has 4 heterocycles. The number of carbonyl (C=O) groups is 4. The van der Waals surface area contributed by atoms with Crippen LogP contribution in [0.4, 0.5) is 11.1 Å². The molecule has 12 heteroatoms. The van der Waals surface area contributed by atoms with Gasteiger partial charge in [-0.1, -0.05) is 12.1 Å². The molecule has 0 saturated carbocycles. The molecule has 0 spiro atoms. The third-order valence-corrected chi connectivity index (χ3v) is 6.57. The highest BCUT2D eigenvalue weighted by molar-refractivity contribution is 7.09. The molecule has 2 saturated heterocycles. The molecular weight excluding hydrogens is 434 g/mol. The Kier molecular flexibility index (Phi) is 5.31. The Balaban J connectivity index is 1.33. The number of aromatic nitrogens is 2. The van der Waals surface area contributed by atoms with E-state index in [1.807, 2.05) is 0 Å². The molecule has 32 heavy (non-hydrogen) atoms. The van der Waals surface area contributed by atoms with Gasteiger partial charge < -0.3 is 15.5 Å². The third-order valence-electron chi connectivity index (χ3n) is 5.79. The summed E-state index contributed by atoms with van der Waals surface area (Å²) in [7, 11) is 0. The molecule has 2 aromatic rings. The Morgan fingerprint density at radius 2 is 1.94 bits per heavy atom. The van der Waals surface area contributed by atoms with E-state index in [1.54, 1.807) is 18.2 Å². The number of anilines is 2. The molecule has 0 bridgehead atoms. The minimum Gasteiger partial charge on any atom is -0.349 e. The van der Waals surface area contributed by atoms with Crippen LogP contribution in [-0.4, -0.2) is 70.1 Å². The van der Waals surface area contributed by atoms with E-state index in [1.165, 1.54) is 11.5 Å². The van der Waals surface area contributed by atoms with Gasteiger partial charge in [0.2, 0.25) is 22.9 Å². The minimum absolute atomic E-state index is 0.0864. The zero-order valence-electron chi connectivity index (χ0n) is 17.1. The molecule has 1 atom stereocenters. The van der Waals surface area contributed by atoms with Gasteiger partial charge in [0, 0.05) is 50.7 Å². The molecule has 3 aliphatic rings. The van der Waals surface area contributed by atoms with Gasteiger partial charge in [-0.25, -0.2) is 0 Å². The monoisotopic (exact) mass is 455 g/mol. The summed E-state index contributed by atoms with van der Waals surface area (Å²) >= 11 is 1.31. The van der Waals surface area contributed by atoms with E-state index in [0.29, 0.717) is 11.5 Å². The van der Waals surface area contributed by atoms with Gasteiger partial charge in [0.25, 0.3) is 11.8 Å². The number of amides is 4. The summed E-state index contributed by atoms with van der Waals surface area (Å²) in [5.74, 6) is -1.61. The van der Waals surface area contributed by atoms with Crippen molar-refractivity contribution in [1.82, 2.24) is 24.9 Å². The number of nitrogens with zero attached hydrogens (tertiary/aromatic N) is 4. The number of benzene rings is 1. The van der Waals surface area contributed by atoms with Gasteiger partial charge >= 0.3 is 0 Å². The predicted octanol–water partition coefficient (Wildman–Crippen LogP) is -0.0390. The maximum absolute atomic E-state index is 13.1. The van der Waals surface area contributed by atoms with Crippen LogP contribution in [0.25, 0.3) is 0 Å². The number of hydrogen-bond acceptors (Lipinski definition) is 10. The number of carbonyl (C=O) groups excluding carboxylic acids is 4. The van der Waals surface area contributed by atoms with Gasteiger partial charge in [-0.15, -0.1) is 0 Å². The summed E-state index contributed by atoms with van der Waals surface area (Å²) in [5.41, 5.74) is 1.15. The Morgan fingerprint density at radius 3 is 2.72 bits per heavy atom. The normalized spacial score (nSPS) is 21.1. The van der Waals surface area contributed by atoms with Crippen molar-refractivity contribution in [3.05, 3.63) is 34.9 Å². The van der Waals surface area contributed by atoms with Crippen molar-refractivity contribution in [2.24, 2.45) is 0 Å². The largest absolute Gasteiger partial charge is 0.349 e. The number of imide groups is 2. The van der Waals surface area contributed by atoms with Crippen LogP contribution >= 0.6 is 11.5 Å². The van der Waals surface area contributed by atoms with E-state index in [2.05, 4.69) is 30.2 Å². The highest BCUT2D eigenvalue weighted by atomic mass is 32.1. The molecule has 0 aliphatic carbocycles. The first-order valence-corrected chi connectivity index (χ1v) is 11.2. The first-order chi connectivity index (χ1) is 15.5. The maximum Gasteiger partial charge on any atom is 0.262 e. The van der Waals surface area contributed by atoms with Crippen molar-refractivity contribution in [2.45, 2.75) is 25.4 Å². The summed E-state index contributed by atoms with van der Waals surface area (Å²) in [4.78, 5) is 57.4. The fraction of sp³-hybridized carbons (Fsp3) is 0.400. The number of piperidine rings is 1. The zero-order chi connectivity index (χ0) is 22.2. The van der Waals surface area contributed by atoms with Crippen molar-refractivity contribution in [3.8, 4) is 0 Å². The van der Waals surface area contributed by atoms with E-state index < -0.39 is 29.7 Å². The molecule has 2 fully saturated rings. The first-order valence-electron chi connectivity index (χ1n) is 10.4. The average Bonchev–Trinajstić information content (AvgIpc) is 3.37. The van der Waals surface area contributed by atoms with Crippen molar-refractivity contribution in [1.29, 1.82) is 0 Å². The molecule has 1 aromatic heterocycles. The number of nitrogens with one attached hydrogen (secondary N) is 3. The Hall–Kier alpha value is -3.38. The highest BCUT2D eigenvalue weighted by Gasteiger charge is 2.45. The number of hydrogen-bond donors (Lipinski definition) is 3. The Morgan fingerprint density at radius 1 is 1.12 bits per heavy atom. The molecule has 166 valence electrons. The lowest BCUT2D eigenvalue weighted by atomic mass is 10.0. The lowest BCUT2D eigenvalue weighted by molar-refractivity contribution is -0.136. The Labute approximate surface area is 187 Å². The van der Waals surface area contributed by atoms with Gasteiger partial charge in [0.05, 0.1) is 11.1 Å². The zero-order valence-corrected chi connectivity index (χ0v) is 17.9. The molecule has 0 radical (unpaired) electrons. The quantitative estimate of drug-likeness (QED) is 0.531. The third kappa shape index (κ3) is 3.60. The summed E-state index contributed by atoms with van der Waals surface area (Å²) in [5, 5.41) is 9.47. The van der Waals surface area contributed by atoms with Crippen molar-refractivity contribution in [2.75, 3.05) is 36.4 Å². The molecule has 1 aromatic carbocycles. The van der Waals surface area contributed by atoms with Crippen LogP contribution < -0.4 is 20.9 Å². The van der Waals surface area contributed by atoms with E-state index in [4.69, 9.17) is 0 Å². The van der Waals surface area contributed by atoms with Crippen LogP contribution in [0.5, 0.6) is 0 Å². The summed E-state index contributed by atoms with van der Waals surface area (Å²) < 4.78 is 4.35. The van der Waals surface area contributed by atoms with Crippen LogP contribution in [0.1, 0.15) is 39.1 Å². The fourth-order valence-corrected chi connectivity index (χ4v) is 4.88. The summed E-state index contributed by atoms with van der Waals surface area (Å²) in [6.07, 6.45) is 0.213. The van der Waals surface area contributed by atoms with Crippen molar-refractivity contribution < 1.29 is 19.2 Å². The standard InChI is InChI=1S/C20H21N7O4S/c28-14-5-4-13(16(29)23-14)27-17(30)12-3-1-2-11(15(12)18(27)31)10-22-19-24-20(32-25-19)26-8-6-21-7-9-26/h1-3,13,21H,4-10H2,(H,22,25)(H,23,28,29). The molecular formula is C20H21N7O4S. The van der Waals surface area contributed by atoms with Crippen LogP contribution in [0.15, 0.2) is 18.2 Å². The molecule has 3 aliphatic heterocycles. The van der Waals surface area contributed by atoms with E-state index in [-0.39, 0.29) is 30.5 Å². The molecule has 1 unspecified atom stereocenters. The van der Waals surface area contributed by atoms with Gasteiger partial charge in [-0.3, -0.25) is 29.4 Å².